The number of nitrogens with zero attached hydrogens (tertiary/aromatic N) is 2. The zero-order chi connectivity index (χ0) is 19.5. The summed E-state index contributed by atoms with van der Waals surface area (Å²) in [7, 11) is 0. The fraction of sp³-hybridized carbons (Fsp3) is 0.762. The van der Waals surface area contributed by atoms with Crippen molar-refractivity contribution < 1.29 is 14.3 Å². The largest absolute Gasteiger partial charge is 0.381 e. The summed E-state index contributed by atoms with van der Waals surface area (Å²) in [6.07, 6.45) is 8.75. The minimum absolute atomic E-state index is 0. The van der Waals surface area contributed by atoms with E-state index in [-0.39, 0.29) is 59.5 Å². The molecule has 3 aliphatic carbocycles. The Labute approximate surface area is 190 Å². The van der Waals surface area contributed by atoms with Gasteiger partial charge in [0.25, 0.3) is 0 Å². The molecule has 1 aliphatic heterocycles. The van der Waals surface area contributed by atoms with Gasteiger partial charge in [0.05, 0.1) is 11.8 Å². The summed E-state index contributed by atoms with van der Waals surface area (Å²) in [6, 6.07) is 0. The first-order valence-electron chi connectivity index (χ1n) is 10.8. The van der Waals surface area contributed by atoms with Crippen molar-refractivity contribution in [2.45, 2.75) is 32.6 Å². The number of imide groups is 1. The molecule has 2 N–H and O–H groups in total. The third kappa shape index (κ3) is 5.13. The number of aliphatic imine (C=N–C) groups is 1. The van der Waals surface area contributed by atoms with E-state index >= 15 is 0 Å². The second-order valence-electron chi connectivity index (χ2n) is 8.39. The van der Waals surface area contributed by atoms with Gasteiger partial charge in [0.2, 0.25) is 11.8 Å². The number of halogens is 1. The van der Waals surface area contributed by atoms with E-state index in [0.717, 1.165) is 44.5 Å². The van der Waals surface area contributed by atoms with Crippen LogP contribution >= 0.6 is 24.0 Å². The van der Waals surface area contributed by atoms with Crippen LogP contribution in [0.4, 0.5) is 0 Å². The number of allylic oxidation sites excluding steroid dienone is 2. The first-order chi connectivity index (χ1) is 13.7. The number of likely N-dealkylation sites (tertiary alicyclic amines) is 1. The van der Waals surface area contributed by atoms with E-state index < -0.39 is 0 Å². The minimum atomic E-state index is -0.111. The molecule has 4 atom stereocenters. The fourth-order valence-corrected chi connectivity index (χ4v) is 4.70. The van der Waals surface area contributed by atoms with Crippen molar-refractivity contribution in [3.8, 4) is 0 Å². The van der Waals surface area contributed by atoms with Gasteiger partial charge in [-0.25, -0.2) is 0 Å². The summed E-state index contributed by atoms with van der Waals surface area (Å²) < 4.78 is 5.63. The number of carbonyl (C=O) groups is 2. The van der Waals surface area contributed by atoms with E-state index in [9.17, 15) is 9.59 Å². The molecule has 0 spiro atoms. The number of ether oxygens (including phenoxy) is 1. The highest BCUT2D eigenvalue weighted by Crippen LogP contribution is 2.52. The molecule has 1 heterocycles. The number of hydrogen-bond donors (Lipinski definition) is 2. The molecular formula is C21H33IN4O3. The van der Waals surface area contributed by atoms with Gasteiger partial charge in [0.1, 0.15) is 0 Å². The molecule has 1 saturated heterocycles. The standard InChI is InChI=1S/C21H32N4O3.HI/c1-2-22-21(23-8-3-11-28-13-14-4-5-14)24-9-10-25-19(26)17-15-6-7-16(12-15)18(17)20(25)27;/h6-7,14-18H,2-5,8-13H2,1H3,(H2,22,23,24);1H. The van der Waals surface area contributed by atoms with Gasteiger partial charge in [-0.3, -0.25) is 19.5 Å². The molecule has 7 nitrogen and oxygen atoms in total. The lowest BCUT2D eigenvalue weighted by molar-refractivity contribution is -0.140. The van der Waals surface area contributed by atoms with Crippen molar-refractivity contribution >= 4 is 41.8 Å². The molecule has 4 aliphatic rings. The predicted octanol–water partition coefficient (Wildman–Crippen LogP) is 1.78. The van der Waals surface area contributed by atoms with Gasteiger partial charge < -0.3 is 15.4 Å². The van der Waals surface area contributed by atoms with Gasteiger partial charge in [-0.15, -0.1) is 24.0 Å². The Hall–Kier alpha value is -1.16. The monoisotopic (exact) mass is 516 g/mol. The van der Waals surface area contributed by atoms with E-state index in [2.05, 4.69) is 27.8 Å². The number of hydrogen-bond acceptors (Lipinski definition) is 4. The summed E-state index contributed by atoms with van der Waals surface area (Å²) in [5, 5.41) is 6.46. The summed E-state index contributed by atoms with van der Waals surface area (Å²) in [4.78, 5) is 31.4. The van der Waals surface area contributed by atoms with Gasteiger partial charge in [-0.1, -0.05) is 12.2 Å². The Morgan fingerprint density at radius 1 is 1.17 bits per heavy atom. The zero-order valence-corrected chi connectivity index (χ0v) is 19.5. The Morgan fingerprint density at radius 3 is 2.48 bits per heavy atom. The summed E-state index contributed by atoms with van der Waals surface area (Å²) in [5.74, 6) is 1.87. The molecule has 0 aromatic rings. The fourth-order valence-electron chi connectivity index (χ4n) is 4.70. The minimum Gasteiger partial charge on any atom is -0.381 e. The molecule has 0 radical (unpaired) electrons. The lowest BCUT2D eigenvalue weighted by Crippen LogP contribution is -2.43. The van der Waals surface area contributed by atoms with Gasteiger partial charge in [0, 0.05) is 39.4 Å². The Bertz CT molecular complexity index is 634. The van der Waals surface area contributed by atoms with Crippen LogP contribution in [-0.4, -0.2) is 62.1 Å². The molecule has 2 bridgehead atoms. The van der Waals surface area contributed by atoms with Crippen molar-refractivity contribution in [1.82, 2.24) is 15.5 Å². The van der Waals surface area contributed by atoms with Crippen LogP contribution in [0.2, 0.25) is 0 Å². The van der Waals surface area contributed by atoms with Crippen molar-refractivity contribution in [3.05, 3.63) is 12.2 Å². The maximum Gasteiger partial charge on any atom is 0.233 e. The third-order valence-electron chi connectivity index (χ3n) is 6.30. The number of amides is 2. The summed E-state index contributed by atoms with van der Waals surface area (Å²) >= 11 is 0. The molecule has 8 heteroatoms. The smallest absolute Gasteiger partial charge is 0.233 e. The molecule has 0 aromatic carbocycles. The number of nitrogens with one attached hydrogen (secondary N) is 2. The van der Waals surface area contributed by atoms with Crippen molar-refractivity contribution in [3.63, 3.8) is 0 Å². The van der Waals surface area contributed by atoms with Gasteiger partial charge >= 0.3 is 0 Å². The highest BCUT2D eigenvalue weighted by Gasteiger charge is 2.58. The quantitative estimate of drug-likeness (QED) is 0.116. The lowest BCUT2D eigenvalue weighted by atomic mass is 9.85. The van der Waals surface area contributed by atoms with Crippen LogP contribution in [0, 0.1) is 29.6 Å². The van der Waals surface area contributed by atoms with Crippen molar-refractivity contribution in [1.29, 1.82) is 0 Å². The van der Waals surface area contributed by atoms with Gasteiger partial charge in [-0.2, -0.15) is 0 Å². The first-order valence-corrected chi connectivity index (χ1v) is 10.8. The van der Waals surface area contributed by atoms with Crippen LogP contribution in [0.15, 0.2) is 17.1 Å². The van der Waals surface area contributed by atoms with Crippen molar-refractivity contribution in [2.24, 2.45) is 34.6 Å². The Morgan fingerprint density at radius 2 is 1.86 bits per heavy atom. The average molecular weight is 516 g/mol. The maximum atomic E-state index is 12.7. The van der Waals surface area contributed by atoms with E-state index in [1.165, 1.54) is 17.7 Å². The van der Waals surface area contributed by atoms with E-state index in [1.807, 2.05) is 6.92 Å². The number of rotatable bonds is 10. The molecule has 2 amide bonds. The SMILES string of the molecule is CCNC(=NCCCOCC1CC1)NCCN1C(=O)C2C3C=CC(C3)C2C1=O.I. The van der Waals surface area contributed by atoms with Crippen LogP contribution in [0.1, 0.15) is 32.6 Å². The van der Waals surface area contributed by atoms with Gasteiger partial charge in [-0.05, 0) is 50.4 Å². The van der Waals surface area contributed by atoms with Crippen LogP contribution in [-0.2, 0) is 14.3 Å². The predicted molar refractivity (Wildman–Crippen MR) is 122 cm³/mol. The summed E-state index contributed by atoms with van der Waals surface area (Å²) in [5.41, 5.74) is 0. The van der Waals surface area contributed by atoms with Crippen LogP contribution in [0.25, 0.3) is 0 Å². The van der Waals surface area contributed by atoms with Crippen molar-refractivity contribution in [2.75, 3.05) is 39.4 Å². The number of carbonyl (C=O) groups excluding carboxylic acids is 2. The highest BCUT2D eigenvalue weighted by molar-refractivity contribution is 14.0. The van der Waals surface area contributed by atoms with Crippen LogP contribution in [0.5, 0.6) is 0 Å². The Balaban J connectivity index is 0.00000240. The Kier molecular flexibility index (Phi) is 7.95. The first kappa shape index (κ1) is 22.5. The third-order valence-corrected chi connectivity index (χ3v) is 6.30. The molecule has 4 rings (SSSR count). The average Bonchev–Trinajstić information content (AvgIpc) is 3.19. The second kappa shape index (κ2) is 10.2. The normalized spacial score (nSPS) is 30.0. The summed E-state index contributed by atoms with van der Waals surface area (Å²) in [6.45, 7) is 6.04. The van der Waals surface area contributed by atoms with E-state index in [1.54, 1.807) is 0 Å². The number of fused-ring (bicyclic) bond motifs is 5. The van der Waals surface area contributed by atoms with Crippen LogP contribution < -0.4 is 10.6 Å². The van der Waals surface area contributed by atoms with E-state index in [4.69, 9.17) is 4.74 Å². The molecule has 0 aromatic heterocycles. The highest BCUT2D eigenvalue weighted by atomic mass is 127. The molecular weight excluding hydrogens is 483 g/mol. The molecule has 162 valence electrons. The maximum absolute atomic E-state index is 12.7. The van der Waals surface area contributed by atoms with Crippen LogP contribution in [0.3, 0.4) is 0 Å². The van der Waals surface area contributed by atoms with E-state index in [0.29, 0.717) is 19.6 Å². The lowest BCUT2D eigenvalue weighted by Gasteiger charge is -2.18. The molecule has 4 unspecified atom stereocenters. The van der Waals surface area contributed by atoms with Gasteiger partial charge in [0.15, 0.2) is 5.96 Å². The second-order valence-corrected chi connectivity index (χ2v) is 8.39. The molecule has 2 saturated carbocycles. The topological polar surface area (TPSA) is 83.0 Å². The zero-order valence-electron chi connectivity index (χ0n) is 17.1. The molecule has 29 heavy (non-hydrogen) atoms. The number of guanidine groups is 1. The molecule has 3 fully saturated rings.